The number of fused-ring (bicyclic) bond motifs is 1. The average molecular weight is 317 g/mol. The first-order chi connectivity index (χ1) is 10.2. The Balaban J connectivity index is 2.16. The highest BCUT2D eigenvalue weighted by atomic mass is 35.5. The highest BCUT2D eigenvalue weighted by Gasteiger charge is 2.17. The van der Waals surface area contributed by atoms with Gasteiger partial charge in [-0.3, -0.25) is 4.98 Å². The molecule has 1 unspecified atom stereocenters. The molecule has 3 rings (SSSR count). The zero-order chi connectivity index (χ0) is 14.8. The molecule has 0 saturated carbocycles. The second-order valence-corrected chi connectivity index (χ2v) is 5.63. The van der Waals surface area contributed by atoms with Gasteiger partial charge in [-0.2, -0.15) is 0 Å². The van der Waals surface area contributed by atoms with Crippen molar-refractivity contribution in [3.8, 4) is 0 Å². The number of pyridine rings is 1. The molecule has 0 fully saturated rings. The van der Waals surface area contributed by atoms with Crippen LogP contribution in [0.4, 0.5) is 0 Å². The third-order valence-electron chi connectivity index (χ3n) is 3.54. The smallest absolute Gasteiger partial charge is 0.0755 e. The maximum Gasteiger partial charge on any atom is 0.0755 e. The van der Waals surface area contributed by atoms with Crippen LogP contribution in [0.3, 0.4) is 0 Å². The van der Waals surface area contributed by atoms with Crippen molar-refractivity contribution in [3.05, 3.63) is 76.0 Å². The van der Waals surface area contributed by atoms with Crippen molar-refractivity contribution in [2.24, 2.45) is 0 Å². The van der Waals surface area contributed by atoms with Crippen LogP contribution in [0.1, 0.15) is 17.3 Å². The number of nitrogens with zero attached hydrogens (tertiary/aromatic N) is 1. The van der Waals surface area contributed by atoms with Gasteiger partial charge in [-0.05, 0) is 36.2 Å². The van der Waals surface area contributed by atoms with Gasteiger partial charge in [0.25, 0.3) is 0 Å². The number of hydrogen-bond donors (Lipinski definition) is 1. The first-order valence-corrected chi connectivity index (χ1v) is 7.42. The second-order valence-electron chi connectivity index (χ2n) is 4.81. The highest BCUT2D eigenvalue weighted by Crippen LogP contribution is 2.30. The first kappa shape index (κ1) is 14.3. The fourth-order valence-corrected chi connectivity index (χ4v) is 2.83. The first-order valence-electron chi connectivity index (χ1n) is 6.66. The van der Waals surface area contributed by atoms with Crippen molar-refractivity contribution >= 4 is 34.0 Å². The summed E-state index contributed by atoms with van der Waals surface area (Å²) in [6, 6.07) is 15.9. The number of nitrogens with one attached hydrogen (secondary N) is 1. The van der Waals surface area contributed by atoms with E-state index in [-0.39, 0.29) is 6.04 Å². The van der Waals surface area contributed by atoms with Gasteiger partial charge in [0.15, 0.2) is 0 Å². The van der Waals surface area contributed by atoms with Gasteiger partial charge >= 0.3 is 0 Å². The van der Waals surface area contributed by atoms with Gasteiger partial charge in [-0.15, -0.1) is 0 Å². The summed E-state index contributed by atoms with van der Waals surface area (Å²) in [5.74, 6) is 0. The van der Waals surface area contributed by atoms with E-state index in [1.165, 1.54) is 5.39 Å². The van der Waals surface area contributed by atoms with E-state index in [4.69, 9.17) is 23.2 Å². The summed E-state index contributed by atoms with van der Waals surface area (Å²) in [5.41, 5.74) is 2.02. The summed E-state index contributed by atoms with van der Waals surface area (Å²) in [6.45, 7) is 0. The zero-order valence-corrected chi connectivity index (χ0v) is 13.0. The average Bonchev–Trinajstić information content (AvgIpc) is 2.52. The van der Waals surface area contributed by atoms with Crippen LogP contribution in [0, 0.1) is 0 Å². The molecule has 2 nitrogen and oxygen atoms in total. The van der Waals surface area contributed by atoms with Crippen LogP contribution in [0.5, 0.6) is 0 Å². The third kappa shape index (κ3) is 2.75. The van der Waals surface area contributed by atoms with E-state index in [9.17, 15) is 0 Å². The van der Waals surface area contributed by atoms with Gasteiger partial charge < -0.3 is 5.32 Å². The molecule has 21 heavy (non-hydrogen) atoms. The Kier molecular flexibility index (Phi) is 4.11. The van der Waals surface area contributed by atoms with E-state index < -0.39 is 0 Å². The highest BCUT2D eigenvalue weighted by molar-refractivity contribution is 6.42. The lowest BCUT2D eigenvalue weighted by atomic mass is 9.99. The van der Waals surface area contributed by atoms with E-state index in [0.717, 1.165) is 16.6 Å². The fraction of sp³-hybridized carbons (Fsp3) is 0.118. The molecule has 0 aliphatic rings. The van der Waals surface area contributed by atoms with E-state index in [0.29, 0.717) is 10.0 Å². The van der Waals surface area contributed by atoms with Crippen LogP contribution in [-0.2, 0) is 0 Å². The van der Waals surface area contributed by atoms with Crippen molar-refractivity contribution in [3.63, 3.8) is 0 Å². The van der Waals surface area contributed by atoms with E-state index in [1.54, 1.807) is 0 Å². The lowest BCUT2D eigenvalue weighted by Gasteiger charge is -2.18. The third-order valence-corrected chi connectivity index (χ3v) is 4.28. The molecule has 0 spiro atoms. The predicted molar refractivity (Wildman–Crippen MR) is 89.1 cm³/mol. The van der Waals surface area contributed by atoms with Gasteiger partial charge in [-0.25, -0.2) is 0 Å². The van der Waals surface area contributed by atoms with Gasteiger partial charge in [0.1, 0.15) is 0 Å². The number of aromatic nitrogens is 1. The molecule has 0 saturated heterocycles. The minimum atomic E-state index is -0.0362. The topological polar surface area (TPSA) is 24.9 Å². The number of hydrogen-bond acceptors (Lipinski definition) is 2. The summed E-state index contributed by atoms with van der Waals surface area (Å²) in [5, 5.41) is 6.72. The van der Waals surface area contributed by atoms with E-state index in [1.807, 2.05) is 49.6 Å². The van der Waals surface area contributed by atoms with Crippen LogP contribution in [0.25, 0.3) is 10.8 Å². The van der Waals surface area contributed by atoms with Crippen molar-refractivity contribution in [1.82, 2.24) is 10.3 Å². The summed E-state index contributed by atoms with van der Waals surface area (Å²) >= 11 is 12.1. The Labute approximate surface area is 133 Å². The van der Waals surface area contributed by atoms with Crippen molar-refractivity contribution in [2.75, 3.05) is 7.05 Å². The fourth-order valence-electron chi connectivity index (χ4n) is 2.53. The molecule has 0 aliphatic carbocycles. The molecule has 1 heterocycles. The summed E-state index contributed by atoms with van der Waals surface area (Å²) in [7, 11) is 1.91. The lowest BCUT2D eigenvalue weighted by molar-refractivity contribution is 0.677. The molecule has 0 aliphatic heterocycles. The Morgan fingerprint density at radius 1 is 1.00 bits per heavy atom. The zero-order valence-electron chi connectivity index (χ0n) is 11.5. The standard InChI is InChI=1S/C17H14Cl2N2/c1-20-16(12-6-7-14(18)15(19)10-12)17-13-5-3-2-4-11(13)8-9-21-17/h2-10,16,20H,1H3. The Bertz CT molecular complexity index is 781. The van der Waals surface area contributed by atoms with Crippen LogP contribution in [0.15, 0.2) is 54.7 Å². The van der Waals surface area contributed by atoms with Crippen LogP contribution in [0.2, 0.25) is 10.0 Å². The molecule has 0 bridgehead atoms. The molecular formula is C17H14Cl2N2. The second kappa shape index (κ2) is 6.02. The van der Waals surface area contributed by atoms with Crippen LogP contribution < -0.4 is 5.32 Å². The number of halogens is 2. The van der Waals surface area contributed by atoms with Crippen LogP contribution >= 0.6 is 23.2 Å². The van der Waals surface area contributed by atoms with Gasteiger partial charge in [0.2, 0.25) is 0 Å². The predicted octanol–water partition coefficient (Wildman–Crippen LogP) is 4.85. The molecule has 106 valence electrons. The molecule has 1 aromatic heterocycles. The monoisotopic (exact) mass is 316 g/mol. The quantitative estimate of drug-likeness (QED) is 0.747. The molecule has 0 amide bonds. The largest absolute Gasteiger partial charge is 0.308 e. The Hall–Kier alpha value is -1.61. The lowest BCUT2D eigenvalue weighted by Crippen LogP contribution is -2.19. The minimum absolute atomic E-state index is 0.0362. The van der Waals surface area contributed by atoms with Gasteiger partial charge in [0, 0.05) is 11.6 Å². The van der Waals surface area contributed by atoms with Crippen molar-refractivity contribution < 1.29 is 0 Å². The van der Waals surface area contributed by atoms with Gasteiger partial charge in [0.05, 0.1) is 21.8 Å². The molecule has 2 aromatic carbocycles. The van der Waals surface area contributed by atoms with Crippen LogP contribution in [-0.4, -0.2) is 12.0 Å². The SMILES string of the molecule is CNC(c1ccc(Cl)c(Cl)c1)c1nccc2ccccc12. The minimum Gasteiger partial charge on any atom is -0.308 e. The van der Waals surface area contributed by atoms with Crippen molar-refractivity contribution in [2.45, 2.75) is 6.04 Å². The molecular weight excluding hydrogens is 303 g/mol. The normalized spacial score (nSPS) is 12.5. The maximum absolute atomic E-state index is 6.14. The molecule has 0 radical (unpaired) electrons. The maximum atomic E-state index is 6.14. The molecule has 4 heteroatoms. The summed E-state index contributed by atoms with van der Waals surface area (Å²) in [6.07, 6.45) is 1.83. The Morgan fingerprint density at radius 3 is 2.57 bits per heavy atom. The summed E-state index contributed by atoms with van der Waals surface area (Å²) < 4.78 is 0. The summed E-state index contributed by atoms with van der Waals surface area (Å²) in [4.78, 5) is 4.57. The van der Waals surface area contributed by atoms with Gasteiger partial charge in [-0.1, -0.05) is 53.5 Å². The van der Waals surface area contributed by atoms with E-state index in [2.05, 4.69) is 22.4 Å². The molecule has 1 atom stereocenters. The van der Waals surface area contributed by atoms with Crippen molar-refractivity contribution in [1.29, 1.82) is 0 Å². The number of rotatable bonds is 3. The van der Waals surface area contributed by atoms with E-state index >= 15 is 0 Å². The Morgan fingerprint density at radius 2 is 1.81 bits per heavy atom. The molecule has 3 aromatic rings. The number of benzene rings is 2. The molecule has 1 N–H and O–H groups in total.